The number of nitriles is 1. The number of benzene rings is 1. The molecule has 0 aliphatic heterocycles. The SMILES string of the molecule is COc1ccc(C(CN)N(C)C(C)CC#N)cc1. The van der Waals surface area contributed by atoms with Crippen LogP contribution < -0.4 is 10.5 Å². The van der Waals surface area contributed by atoms with Gasteiger partial charge in [0.05, 0.1) is 19.6 Å². The van der Waals surface area contributed by atoms with Gasteiger partial charge in [-0.1, -0.05) is 12.1 Å². The second kappa shape index (κ2) is 7.00. The second-order valence-corrected chi connectivity index (χ2v) is 4.40. The number of nitrogens with two attached hydrogens (primary N) is 1. The first-order chi connectivity index (χ1) is 8.63. The van der Waals surface area contributed by atoms with Crippen molar-refractivity contribution in [3.05, 3.63) is 29.8 Å². The minimum Gasteiger partial charge on any atom is -0.497 e. The highest BCUT2D eigenvalue weighted by atomic mass is 16.5. The Morgan fingerprint density at radius 1 is 1.39 bits per heavy atom. The molecule has 0 saturated carbocycles. The van der Waals surface area contributed by atoms with Crippen LogP contribution in [0.3, 0.4) is 0 Å². The lowest BCUT2D eigenvalue weighted by Crippen LogP contribution is -2.36. The Kier molecular flexibility index (Phi) is 5.63. The maximum absolute atomic E-state index is 8.75. The summed E-state index contributed by atoms with van der Waals surface area (Å²) in [7, 11) is 3.65. The number of rotatable bonds is 6. The number of ether oxygens (including phenoxy) is 1. The van der Waals surface area contributed by atoms with Gasteiger partial charge in [-0.15, -0.1) is 0 Å². The van der Waals surface area contributed by atoms with Gasteiger partial charge in [0.2, 0.25) is 0 Å². The zero-order valence-electron chi connectivity index (χ0n) is 11.3. The third-order valence-corrected chi connectivity index (χ3v) is 3.30. The van der Waals surface area contributed by atoms with Gasteiger partial charge in [-0.05, 0) is 31.7 Å². The smallest absolute Gasteiger partial charge is 0.118 e. The van der Waals surface area contributed by atoms with Crippen LogP contribution in [0.5, 0.6) is 5.75 Å². The first-order valence-corrected chi connectivity index (χ1v) is 6.07. The van der Waals surface area contributed by atoms with Crippen LogP contribution in [0.2, 0.25) is 0 Å². The molecule has 0 aromatic heterocycles. The van der Waals surface area contributed by atoms with Gasteiger partial charge in [0.1, 0.15) is 5.75 Å². The zero-order chi connectivity index (χ0) is 13.5. The van der Waals surface area contributed by atoms with Gasteiger partial charge in [0.25, 0.3) is 0 Å². The van der Waals surface area contributed by atoms with E-state index in [4.69, 9.17) is 15.7 Å². The van der Waals surface area contributed by atoms with Gasteiger partial charge in [0, 0.05) is 18.6 Å². The van der Waals surface area contributed by atoms with Gasteiger partial charge in [-0.25, -0.2) is 0 Å². The van der Waals surface area contributed by atoms with Crippen LogP contribution in [0.4, 0.5) is 0 Å². The van der Waals surface area contributed by atoms with Crippen molar-refractivity contribution < 1.29 is 4.74 Å². The van der Waals surface area contributed by atoms with Gasteiger partial charge in [0.15, 0.2) is 0 Å². The molecule has 0 aliphatic carbocycles. The normalized spacial score (nSPS) is 14.0. The highest BCUT2D eigenvalue weighted by Crippen LogP contribution is 2.23. The molecule has 0 saturated heterocycles. The Hall–Kier alpha value is -1.57. The highest BCUT2D eigenvalue weighted by molar-refractivity contribution is 5.29. The number of hydrogen-bond donors (Lipinski definition) is 1. The summed E-state index contributed by atoms with van der Waals surface area (Å²) in [4.78, 5) is 2.14. The van der Waals surface area contributed by atoms with E-state index in [0.717, 1.165) is 11.3 Å². The molecule has 0 bridgehead atoms. The Bertz CT molecular complexity index is 396. The molecule has 2 atom stereocenters. The summed E-state index contributed by atoms with van der Waals surface area (Å²) in [6.07, 6.45) is 0.503. The van der Waals surface area contributed by atoms with E-state index in [1.807, 2.05) is 38.2 Å². The maximum Gasteiger partial charge on any atom is 0.118 e. The number of methoxy groups -OCH3 is 1. The average molecular weight is 247 g/mol. The molecule has 0 amide bonds. The predicted molar refractivity (Wildman–Crippen MR) is 72.2 cm³/mol. The minimum atomic E-state index is 0.124. The number of nitrogens with zero attached hydrogens (tertiary/aromatic N) is 2. The lowest BCUT2D eigenvalue weighted by atomic mass is 10.0. The van der Waals surface area contributed by atoms with Crippen molar-refractivity contribution >= 4 is 0 Å². The van der Waals surface area contributed by atoms with E-state index < -0.39 is 0 Å². The number of likely N-dealkylation sites (N-methyl/N-ethyl adjacent to an activating group) is 1. The van der Waals surface area contributed by atoms with Gasteiger partial charge in [-0.3, -0.25) is 4.90 Å². The summed E-state index contributed by atoms with van der Waals surface area (Å²) < 4.78 is 5.14. The molecule has 0 heterocycles. The van der Waals surface area contributed by atoms with Gasteiger partial charge >= 0.3 is 0 Å². The van der Waals surface area contributed by atoms with Crippen LogP contribution in [0, 0.1) is 11.3 Å². The van der Waals surface area contributed by atoms with E-state index >= 15 is 0 Å². The van der Waals surface area contributed by atoms with Crippen molar-refractivity contribution in [2.24, 2.45) is 5.73 Å². The van der Waals surface area contributed by atoms with Crippen LogP contribution >= 0.6 is 0 Å². The molecule has 18 heavy (non-hydrogen) atoms. The fraction of sp³-hybridized carbons (Fsp3) is 0.500. The largest absolute Gasteiger partial charge is 0.497 e. The van der Waals surface area contributed by atoms with E-state index in [2.05, 4.69) is 11.0 Å². The molecular formula is C14H21N3O. The molecular weight excluding hydrogens is 226 g/mol. The van der Waals surface area contributed by atoms with E-state index in [-0.39, 0.29) is 12.1 Å². The molecule has 1 rings (SSSR count). The standard InChI is InChI=1S/C14H21N3O/c1-11(8-9-15)17(2)14(10-16)12-4-6-13(18-3)7-5-12/h4-7,11,14H,8,10,16H2,1-3H3. The summed E-state index contributed by atoms with van der Waals surface area (Å²) in [6, 6.07) is 10.4. The van der Waals surface area contributed by atoms with Crippen LogP contribution in [0.1, 0.15) is 24.9 Å². The highest BCUT2D eigenvalue weighted by Gasteiger charge is 2.20. The average Bonchev–Trinajstić information content (AvgIpc) is 2.40. The monoisotopic (exact) mass is 247 g/mol. The molecule has 0 aliphatic rings. The molecule has 2 N–H and O–H groups in total. The van der Waals surface area contributed by atoms with E-state index in [1.54, 1.807) is 7.11 Å². The van der Waals surface area contributed by atoms with Crippen molar-refractivity contribution in [1.29, 1.82) is 5.26 Å². The summed E-state index contributed by atoms with van der Waals surface area (Å²) in [5.74, 6) is 0.835. The summed E-state index contributed by atoms with van der Waals surface area (Å²) in [6.45, 7) is 2.56. The maximum atomic E-state index is 8.75. The predicted octanol–water partition coefficient (Wildman–Crippen LogP) is 1.93. The van der Waals surface area contributed by atoms with Crippen molar-refractivity contribution in [2.75, 3.05) is 20.7 Å². The number of hydrogen-bond acceptors (Lipinski definition) is 4. The van der Waals surface area contributed by atoms with Crippen LogP contribution in [-0.2, 0) is 0 Å². The minimum absolute atomic E-state index is 0.124. The Morgan fingerprint density at radius 2 is 2.00 bits per heavy atom. The quantitative estimate of drug-likeness (QED) is 0.834. The summed E-state index contributed by atoms with van der Waals surface area (Å²) in [5, 5.41) is 8.75. The van der Waals surface area contributed by atoms with Crippen molar-refractivity contribution in [1.82, 2.24) is 4.90 Å². The Morgan fingerprint density at radius 3 is 2.44 bits per heavy atom. The molecule has 0 radical (unpaired) electrons. The van der Waals surface area contributed by atoms with Gasteiger partial charge in [-0.2, -0.15) is 5.26 Å². The third kappa shape index (κ3) is 3.46. The molecule has 98 valence electrons. The van der Waals surface area contributed by atoms with E-state index in [0.29, 0.717) is 13.0 Å². The molecule has 0 fully saturated rings. The molecule has 1 aromatic rings. The zero-order valence-corrected chi connectivity index (χ0v) is 11.3. The summed E-state index contributed by atoms with van der Waals surface area (Å²) >= 11 is 0. The molecule has 1 aromatic carbocycles. The van der Waals surface area contributed by atoms with E-state index in [9.17, 15) is 0 Å². The fourth-order valence-electron chi connectivity index (χ4n) is 1.95. The Balaban J connectivity index is 2.84. The Labute approximate surface area is 109 Å². The molecule has 4 heteroatoms. The van der Waals surface area contributed by atoms with Crippen LogP contribution in [0.25, 0.3) is 0 Å². The molecule has 2 unspecified atom stereocenters. The fourth-order valence-corrected chi connectivity index (χ4v) is 1.95. The van der Waals surface area contributed by atoms with Crippen LogP contribution in [-0.4, -0.2) is 31.6 Å². The van der Waals surface area contributed by atoms with Gasteiger partial charge < -0.3 is 10.5 Å². The summed E-state index contributed by atoms with van der Waals surface area (Å²) in [5.41, 5.74) is 7.00. The second-order valence-electron chi connectivity index (χ2n) is 4.40. The van der Waals surface area contributed by atoms with Crippen molar-refractivity contribution in [3.8, 4) is 11.8 Å². The lowest BCUT2D eigenvalue weighted by Gasteiger charge is -2.31. The van der Waals surface area contributed by atoms with Crippen molar-refractivity contribution in [2.45, 2.75) is 25.4 Å². The molecule has 4 nitrogen and oxygen atoms in total. The lowest BCUT2D eigenvalue weighted by molar-refractivity contribution is 0.191. The molecule has 0 spiro atoms. The van der Waals surface area contributed by atoms with Crippen LogP contribution in [0.15, 0.2) is 24.3 Å². The topological polar surface area (TPSA) is 62.3 Å². The first-order valence-electron chi connectivity index (χ1n) is 6.07. The third-order valence-electron chi connectivity index (χ3n) is 3.30. The van der Waals surface area contributed by atoms with Crippen molar-refractivity contribution in [3.63, 3.8) is 0 Å². The first kappa shape index (κ1) is 14.5. The van der Waals surface area contributed by atoms with E-state index in [1.165, 1.54) is 0 Å².